The van der Waals surface area contributed by atoms with Gasteiger partial charge in [0.05, 0.1) is 0 Å². The Morgan fingerprint density at radius 2 is 0.667 bits per heavy atom. The van der Waals surface area contributed by atoms with Crippen LogP contribution in [-0.2, 0) is 4.74 Å². The normalized spacial score (nSPS) is 7.05. The van der Waals surface area contributed by atoms with Gasteiger partial charge in [-0.25, -0.2) is 19.2 Å². The summed E-state index contributed by atoms with van der Waals surface area (Å²) in [5.41, 5.74) is 0. The number of carbonyl (C=O) groups is 4. The molecule has 6 N–H and O–H groups in total. The predicted octanol–water partition coefficient (Wildman–Crippen LogP) is 2.49. The highest BCUT2D eigenvalue weighted by molar-refractivity contribution is 5.74. The number of hydrogen-bond donors (Lipinski definition) is 6. The Bertz CT molecular complexity index is 356. The van der Waals surface area contributed by atoms with Crippen molar-refractivity contribution in [3.8, 4) is 0 Å². The molecule has 1 rings (SSSR count). The van der Waals surface area contributed by atoms with Crippen LogP contribution in [0.2, 0.25) is 0 Å². The van der Waals surface area contributed by atoms with Crippen LogP contribution in [0, 0.1) is 0 Å². The van der Waals surface area contributed by atoms with E-state index in [4.69, 9.17) is 40.2 Å². The molecule has 1 aromatic carbocycles. The van der Waals surface area contributed by atoms with Crippen LogP contribution in [0.1, 0.15) is 0 Å². The van der Waals surface area contributed by atoms with Crippen molar-refractivity contribution < 1.29 is 54.6 Å². The Hall–Kier alpha value is -3.50. The molecule has 0 unspecified atom stereocenters. The molecule has 0 fully saturated rings. The van der Waals surface area contributed by atoms with Crippen LogP contribution in [0.4, 0.5) is 19.2 Å². The molecule has 118 valence electrons. The average Bonchev–Trinajstić information content (AvgIpc) is 2.28. The average molecular weight is 308 g/mol. The van der Waals surface area contributed by atoms with E-state index >= 15 is 0 Å². The molecule has 0 amide bonds. The van der Waals surface area contributed by atoms with Crippen molar-refractivity contribution in [1.29, 1.82) is 0 Å². The van der Waals surface area contributed by atoms with Crippen molar-refractivity contribution >= 4 is 24.6 Å². The first-order valence-corrected chi connectivity index (χ1v) is 4.57. The fraction of sp³-hybridized carbons (Fsp3) is 0. The fourth-order valence-corrected chi connectivity index (χ4v) is 0.460. The van der Waals surface area contributed by atoms with Gasteiger partial charge in [-0.15, -0.1) is 0 Å². The predicted molar refractivity (Wildman–Crippen MR) is 64.9 cm³/mol. The maximum atomic E-state index is 9.21. The van der Waals surface area contributed by atoms with E-state index < -0.39 is 24.6 Å². The van der Waals surface area contributed by atoms with Gasteiger partial charge in [-0.1, -0.05) is 36.4 Å². The second-order valence-electron chi connectivity index (χ2n) is 2.35. The largest absolute Gasteiger partial charge is 0.516 e. The lowest BCUT2D eigenvalue weighted by Gasteiger charge is -1.84. The number of ether oxygens (including phenoxy) is 1. The molecule has 0 aliphatic heterocycles. The third-order valence-corrected chi connectivity index (χ3v) is 0.841. The summed E-state index contributed by atoms with van der Waals surface area (Å²) >= 11 is 0. The first kappa shape index (κ1) is 22.7. The number of hydrogen-bond acceptors (Lipinski definition) is 5. The van der Waals surface area contributed by atoms with Crippen molar-refractivity contribution in [2.75, 3.05) is 0 Å². The Kier molecular flexibility index (Phi) is 17.8. The van der Waals surface area contributed by atoms with Crippen LogP contribution in [0.25, 0.3) is 0 Å². The highest BCUT2D eigenvalue weighted by Gasteiger charge is 2.01. The molecule has 11 heteroatoms. The summed E-state index contributed by atoms with van der Waals surface area (Å²) in [6, 6.07) is 12.0. The van der Waals surface area contributed by atoms with Crippen molar-refractivity contribution in [2.45, 2.75) is 0 Å². The van der Waals surface area contributed by atoms with Crippen molar-refractivity contribution in [2.24, 2.45) is 0 Å². The maximum Gasteiger partial charge on any atom is 0.516 e. The van der Waals surface area contributed by atoms with E-state index in [1.165, 1.54) is 0 Å². The van der Waals surface area contributed by atoms with Gasteiger partial charge in [0.1, 0.15) is 0 Å². The molecule has 0 aliphatic carbocycles. The lowest BCUT2D eigenvalue weighted by molar-refractivity contribution is 0.0800. The zero-order valence-electron chi connectivity index (χ0n) is 10.2. The summed E-state index contributed by atoms with van der Waals surface area (Å²) in [4.78, 5) is 35.5. The Morgan fingerprint density at radius 3 is 0.714 bits per heavy atom. The highest BCUT2D eigenvalue weighted by atomic mass is 16.7. The molecular weight excluding hydrogens is 296 g/mol. The molecule has 0 radical (unpaired) electrons. The first-order chi connectivity index (χ1) is 9.59. The molecule has 0 heterocycles. The van der Waals surface area contributed by atoms with Gasteiger partial charge in [0.25, 0.3) is 0 Å². The fourth-order valence-electron chi connectivity index (χ4n) is 0.460. The van der Waals surface area contributed by atoms with E-state index in [1.54, 1.807) is 0 Å². The van der Waals surface area contributed by atoms with Crippen LogP contribution in [0.5, 0.6) is 0 Å². The van der Waals surface area contributed by atoms with E-state index in [9.17, 15) is 9.59 Å². The van der Waals surface area contributed by atoms with Crippen molar-refractivity contribution in [1.82, 2.24) is 0 Å². The topological polar surface area (TPSA) is 199 Å². The zero-order chi connectivity index (χ0) is 17.3. The van der Waals surface area contributed by atoms with E-state index in [-0.39, 0.29) is 0 Å². The molecule has 0 bridgehead atoms. The summed E-state index contributed by atoms with van der Waals surface area (Å²) in [5.74, 6) is 0. The van der Waals surface area contributed by atoms with E-state index in [0.29, 0.717) is 0 Å². The quantitative estimate of drug-likeness (QED) is 0.303. The third kappa shape index (κ3) is 82.1. The van der Waals surface area contributed by atoms with Gasteiger partial charge in [-0.05, 0) is 0 Å². The maximum absolute atomic E-state index is 9.21. The molecule has 1 aromatic rings. The minimum atomic E-state index is -1.83. The second kappa shape index (κ2) is 16.5. The smallest absolute Gasteiger partial charge is 0.450 e. The van der Waals surface area contributed by atoms with Crippen LogP contribution in [0.3, 0.4) is 0 Å². The molecule has 0 saturated carbocycles. The highest BCUT2D eigenvalue weighted by Crippen LogP contribution is 1.79. The molecule has 0 spiro atoms. The Morgan fingerprint density at radius 1 is 0.524 bits per heavy atom. The van der Waals surface area contributed by atoms with Crippen LogP contribution in [-0.4, -0.2) is 55.3 Å². The SMILES string of the molecule is O=C(O)O.O=C(O)O.O=C(O)OC(=O)O.c1ccccc1. The van der Waals surface area contributed by atoms with Gasteiger partial charge < -0.3 is 35.4 Å². The Labute approximate surface area is 116 Å². The zero-order valence-corrected chi connectivity index (χ0v) is 10.2. The molecule has 11 nitrogen and oxygen atoms in total. The summed E-state index contributed by atoms with van der Waals surface area (Å²) in [6.45, 7) is 0. The molecular formula is C10H12O11. The van der Waals surface area contributed by atoms with E-state index in [1.807, 2.05) is 36.4 Å². The van der Waals surface area contributed by atoms with Gasteiger partial charge in [-0.3, -0.25) is 0 Å². The van der Waals surface area contributed by atoms with Gasteiger partial charge in [0.2, 0.25) is 0 Å². The molecule has 0 aromatic heterocycles. The molecule has 21 heavy (non-hydrogen) atoms. The summed E-state index contributed by atoms with van der Waals surface area (Å²) in [6.07, 6.45) is -7.29. The summed E-state index contributed by atoms with van der Waals surface area (Å²) in [5, 5.41) is 42.9. The van der Waals surface area contributed by atoms with Crippen molar-refractivity contribution in [3.63, 3.8) is 0 Å². The van der Waals surface area contributed by atoms with Crippen LogP contribution >= 0.6 is 0 Å². The van der Waals surface area contributed by atoms with Gasteiger partial charge in [0.15, 0.2) is 0 Å². The minimum absolute atomic E-state index is 1.81. The number of benzene rings is 1. The molecule has 0 atom stereocenters. The van der Waals surface area contributed by atoms with Gasteiger partial charge in [0, 0.05) is 0 Å². The van der Waals surface area contributed by atoms with Gasteiger partial charge in [-0.2, -0.15) is 0 Å². The molecule has 0 aliphatic rings. The second-order valence-corrected chi connectivity index (χ2v) is 2.35. The van der Waals surface area contributed by atoms with Gasteiger partial charge >= 0.3 is 24.6 Å². The summed E-state index contributed by atoms with van der Waals surface area (Å²) < 4.78 is 3.08. The standard InChI is InChI=1S/C6H6.C2H2O5.2CH2O3/c1-2-4-6-5-3-1;3-1(4)7-2(5)6;2*2-1(3)4/h1-6H;(H,3,4)(H,5,6);2*(H2,2,3,4). The lowest BCUT2D eigenvalue weighted by atomic mass is 10.4. The number of carboxylic acid groups (broad SMARTS) is 6. The van der Waals surface area contributed by atoms with E-state index in [0.717, 1.165) is 0 Å². The lowest BCUT2D eigenvalue weighted by Crippen LogP contribution is -2.05. The number of rotatable bonds is 0. The Balaban J connectivity index is -0.000000213. The van der Waals surface area contributed by atoms with Crippen LogP contribution < -0.4 is 0 Å². The first-order valence-electron chi connectivity index (χ1n) is 4.57. The molecule has 0 saturated heterocycles. The third-order valence-electron chi connectivity index (χ3n) is 0.841. The monoisotopic (exact) mass is 308 g/mol. The minimum Gasteiger partial charge on any atom is -0.450 e. The van der Waals surface area contributed by atoms with Crippen molar-refractivity contribution in [3.05, 3.63) is 36.4 Å². The summed E-state index contributed by atoms with van der Waals surface area (Å²) in [7, 11) is 0. The van der Waals surface area contributed by atoms with E-state index in [2.05, 4.69) is 4.74 Å². The van der Waals surface area contributed by atoms with Crippen LogP contribution in [0.15, 0.2) is 36.4 Å².